The number of hydrogen-bond donors (Lipinski definition) is 2. The summed E-state index contributed by atoms with van der Waals surface area (Å²) in [6, 6.07) is 14.7. The second kappa shape index (κ2) is 12.6. The number of hydrogen-bond acceptors (Lipinski definition) is 9. The molecule has 1 aliphatic heterocycles. The van der Waals surface area contributed by atoms with Crippen LogP contribution >= 0.6 is 0 Å². The molecule has 0 bridgehead atoms. The maximum Gasteiger partial charge on any atom is 0.247 e. The summed E-state index contributed by atoms with van der Waals surface area (Å²) < 4.78 is 44.0. The largest absolute Gasteiger partial charge is 0.494 e. The Labute approximate surface area is 245 Å². The molecule has 2 aromatic heterocycles. The fraction of sp³-hybridized carbons (Fsp3) is 0.267. The van der Waals surface area contributed by atoms with Crippen molar-refractivity contribution >= 4 is 28.9 Å². The Morgan fingerprint density at radius 3 is 2.73 bits per heavy atom. The summed E-state index contributed by atoms with van der Waals surface area (Å²) in [5.41, 5.74) is 3.86. The minimum atomic E-state index is -1.50. The van der Waals surface area contributed by atoms with Crippen LogP contribution in [0.4, 0.5) is 23.0 Å². The maximum atomic E-state index is 12.3. The van der Waals surface area contributed by atoms with Crippen LogP contribution in [-0.4, -0.2) is 78.0 Å². The van der Waals surface area contributed by atoms with E-state index >= 15 is 0 Å². The number of rotatable bonds is 10. The lowest BCUT2D eigenvalue weighted by molar-refractivity contribution is -0.111. The summed E-state index contributed by atoms with van der Waals surface area (Å²) in [5.74, 6) is 0.815. The molecule has 3 heterocycles. The van der Waals surface area contributed by atoms with Crippen LogP contribution in [0.2, 0.25) is 0 Å². The molecule has 2 N–H and O–H groups in total. The van der Waals surface area contributed by atoms with Crippen LogP contribution in [0.3, 0.4) is 0 Å². The molecule has 0 aliphatic carbocycles. The first-order chi connectivity index (χ1) is 21.8. The molecule has 5 rings (SSSR count). The molecule has 4 aromatic rings. The molecule has 212 valence electrons. The van der Waals surface area contributed by atoms with Gasteiger partial charge in [-0.05, 0) is 26.1 Å². The molecule has 1 saturated heterocycles. The normalized spacial score (nSPS) is 14.8. The standard InChI is InChI=1S/C30H34N8O3/c1-5-28(39)32-23-17-24(26(40-4)18-25(23)37-13-15-41-16-14-37)33-30-31-12-11-27(34-30)38-20-22(19-36(2)3)29(35-38)21-9-7-6-8-10-21/h5-12,17-18,20H,1,13-16,19H2,2-4H3,(H,32,39)(H,31,33,34)/i2D2,3D2. The molecule has 11 nitrogen and oxygen atoms in total. The number of nitrogens with one attached hydrogen (secondary N) is 2. The monoisotopic (exact) mass is 558 g/mol. The van der Waals surface area contributed by atoms with Crippen molar-refractivity contribution < 1.29 is 19.8 Å². The first-order valence-electron chi connectivity index (χ1n) is 15.3. The Morgan fingerprint density at radius 1 is 1.20 bits per heavy atom. The molecule has 2 aromatic carbocycles. The Morgan fingerprint density at radius 2 is 2.00 bits per heavy atom. The lowest BCUT2D eigenvalue weighted by Crippen LogP contribution is -2.36. The van der Waals surface area contributed by atoms with Crippen LogP contribution in [0.5, 0.6) is 5.75 Å². The third-order valence-corrected chi connectivity index (χ3v) is 6.43. The third kappa shape index (κ3) is 6.53. The van der Waals surface area contributed by atoms with Crippen LogP contribution in [0.15, 0.2) is 73.6 Å². The van der Waals surface area contributed by atoms with E-state index in [-0.39, 0.29) is 18.4 Å². The molecule has 1 aliphatic rings. The van der Waals surface area contributed by atoms with Crippen LogP contribution in [0, 0.1) is 0 Å². The number of methoxy groups -OCH3 is 1. The molecular formula is C30H34N8O3. The van der Waals surface area contributed by atoms with E-state index in [4.69, 9.17) is 20.1 Å². The second-order valence-electron chi connectivity index (χ2n) is 9.21. The van der Waals surface area contributed by atoms with Gasteiger partial charge in [-0.25, -0.2) is 9.67 Å². The van der Waals surface area contributed by atoms with Crippen molar-refractivity contribution in [2.24, 2.45) is 0 Å². The lowest BCUT2D eigenvalue weighted by Gasteiger charge is -2.31. The van der Waals surface area contributed by atoms with Crippen LogP contribution in [0.25, 0.3) is 17.1 Å². The van der Waals surface area contributed by atoms with E-state index in [0.717, 1.165) is 16.2 Å². The highest BCUT2D eigenvalue weighted by atomic mass is 16.5. The minimum Gasteiger partial charge on any atom is -0.494 e. The minimum absolute atomic E-state index is 0.00163. The topological polar surface area (TPSA) is 110 Å². The van der Waals surface area contributed by atoms with Crippen molar-refractivity contribution in [1.29, 1.82) is 0 Å². The van der Waals surface area contributed by atoms with Gasteiger partial charge in [0.2, 0.25) is 11.9 Å². The Hall–Kier alpha value is -4.74. The van der Waals surface area contributed by atoms with Crippen LogP contribution in [0.1, 0.15) is 11.0 Å². The number of carbonyl (C=O) groups is 1. The highest BCUT2D eigenvalue weighted by Crippen LogP contribution is 2.38. The fourth-order valence-electron chi connectivity index (χ4n) is 4.52. The van der Waals surface area contributed by atoms with Crippen molar-refractivity contribution in [3.05, 3.63) is 79.1 Å². The first kappa shape index (κ1) is 23.0. The van der Waals surface area contributed by atoms with Crippen molar-refractivity contribution in [2.45, 2.75) is 6.54 Å². The van der Waals surface area contributed by atoms with Gasteiger partial charge in [0, 0.05) is 60.8 Å². The Bertz CT molecular complexity index is 1620. The molecule has 0 radical (unpaired) electrons. The van der Waals surface area contributed by atoms with Gasteiger partial charge in [0.15, 0.2) is 5.82 Å². The zero-order valence-electron chi connectivity index (χ0n) is 26.7. The number of anilines is 4. The highest BCUT2D eigenvalue weighted by Gasteiger charge is 2.20. The number of morpholine rings is 1. The van der Waals surface area contributed by atoms with Gasteiger partial charge in [-0.15, -0.1) is 0 Å². The quantitative estimate of drug-likeness (QED) is 0.278. The summed E-state index contributed by atoms with van der Waals surface area (Å²) in [4.78, 5) is 24.6. The van der Waals surface area contributed by atoms with E-state index in [1.54, 1.807) is 36.3 Å². The number of aromatic nitrogens is 4. The average molecular weight is 559 g/mol. The van der Waals surface area contributed by atoms with Crippen molar-refractivity contribution in [1.82, 2.24) is 24.6 Å². The number of amides is 1. The van der Waals surface area contributed by atoms with Crippen LogP contribution in [-0.2, 0) is 16.1 Å². The molecule has 11 heteroatoms. The number of benzene rings is 2. The van der Waals surface area contributed by atoms with E-state index < -0.39 is 14.0 Å². The predicted molar refractivity (Wildman–Crippen MR) is 160 cm³/mol. The van der Waals surface area contributed by atoms with Gasteiger partial charge in [0.25, 0.3) is 0 Å². The molecule has 0 unspecified atom stereocenters. The molecule has 0 atom stereocenters. The Balaban J connectivity index is 1.50. The molecule has 41 heavy (non-hydrogen) atoms. The number of ether oxygens (including phenoxy) is 2. The van der Waals surface area contributed by atoms with Gasteiger partial charge in [-0.2, -0.15) is 10.1 Å². The van der Waals surface area contributed by atoms with Crippen molar-refractivity contribution in [3.8, 4) is 22.8 Å². The molecule has 1 fully saturated rings. The van der Waals surface area contributed by atoms with Gasteiger partial charge >= 0.3 is 0 Å². The summed E-state index contributed by atoms with van der Waals surface area (Å²) in [6.45, 7) is 3.00. The zero-order valence-corrected chi connectivity index (χ0v) is 22.7. The first-order valence-corrected chi connectivity index (χ1v) is 12.9. The molecular weight excluding hydrogens is 520 g/mol. The van der Waals surface area contributed by atoms with Gasteiger partial charge in [0.05, 0.1) is 43.1 Å². The van der Waals surface area contributed by atoms with Crippen molar-refractivity contribution in [3.63, 3.8) is 0 Å². The van der Waals surface area contributed by atoms with Gasteiger partial charge < -0.3 is 29.9 Å². The molecule has 1 amide bonds. The lowest BCUT2D eigenvalue weighted by atomic mass is 10.1. The van der Waals surface area contributed by atoms with E-state index in [2.05, 4.69) is 32.1 Å². The SMILES string of the molecule is [2H]C([2H])N(Cc1cn(-c2ccnc(Nc3cc(NC(=O)C=C)c(N4CCOCC4)cc3OC)n2)nc1-c1ccccc1)C([2H])[2H]. The maximum absolute atomic E-state index is 12.3. The predicted octanol–water partition coefficient (Wildman–Crippen LogP) is 4.10. The van der Waals surface area contributed by atoms with Crippen LogP contribution < -0.4 is 20.3 Å². The number of carbonyl (C=O) groups excluding carboxylic acids is 1. The second-order valence-corrected chi connectivity index (χ2v) is 9.21. The third-order valence-electron chi connectivity index (χ3n) is 6.43. The van der Waals surface area contributed by atoms with Crippen molar-refractivity contribution in [2.75, 3.05) is 62.9 Å². The Kier molecular flexibility index (Phi) is 7.09. The summed E-state index contributed by atoms with van der Waals surface area (Å²) in [7, 11) is 1.55. The molecule has 0 spiro atoms. The van der Waals surface area contributed by atoms with E-state index in [9.17, 15) is 4.79 Å². The average Bonchev–Trinajstić information content (AvgIpc) is 3.48. The van der Waals surface area contributed by atoms with E-state index in [1.165, 1.54) is 6.08 Å². The number of nitrogens with zero attached hydrogens (tertiary/aromatic N) is 6. The summed E-state index contributed by atoms with van der Waals surface area (Å²) >= 11 is 0. The van der Waals surface area contributed by atoms with Gasteiger partial charge in [-0.3, -0.25) is 4.79 Å². The fourth-order valence-corrected chi connectivity index (χ4v) is 4.52. The van der Waals surface area contributed by atoms with E-state index in [1.807, 2.05) is 36.4 Å². The van der Waals surface area contributed by atoms with Gasteiger partial charge in [0.1, 0.15) is 5.75 Å². The van der Waals surface area contributed by atoms with Gasteiger partial charge in [-0.1, -0.05) is 36.9 Å². The summed E-state index contributed by atoms with van der Waals surface area (Å²) in [5, 5.41) is 10.8. The highest BCUT2D eigenvalue weighted by molar-refractivity contribution is 6.02. The molecule has 0 saturated carbocycles. The zero-order chi connectivity index (χ0) is 31.9. The summed E-state index contributed by atoms with van der Waals surface area (Å²) in [6.07, 6.45) is 4.49. The van der Waals surface area contributed by atoms with E-state index in [0.29, 0.717) is 60.5 Å². The smallest absolute Gasteiger partial charge is 0.247 e.